The predicted molar refractivity (Wildman–Crippen MR) is 112 cm³/mol. The molecule has 1 aliphatic rings. The lowest BCUT2D eigenvalue weighted by molar-refractivity contribution is -0.143. The predicted octanol–water partition coefficient (Wildman–Crippen LogP) is 2.88. The number of hydrogen-bond donors (Lipinski definition) is 0. The van der Waals surface area contributed by atoms with Crippen LogP contribution in [0, 0.1) is 0 Å². The molecule has 0 radical (unpaired) electrons. The SMILES string of the molecule is CC1c2nn(C)c(-c3cnn(C)c3C(F)(F)F)c2CCN1C(=O)c1ccnc2c1cnn2C. The molecular formula is C21H21F3N8O. The van der Waals surface area contributed by atoms with Crippen LogP contribution in [0.5, 0.6) is 0 Å². The molecule has 1 atom stereocenters. The number of hydrogen-bond acceptors (Lipinski definition) is 5. The van der Waals surface area contributed by atoms with E-state index in [1.54, 1.807) is 42.1 Å². The van der Waals surface area contributed by atoms with E-state index in [0.29, 0.717) is 46.5 Å². The van der Waals surface area contributed by atoms with Crippen molar-refractivity contribution in [3.8, 4) is 11.3 Å². The number of amides is 1. The number of carbonyl (C=O) groups is 1. The number of aryl methyl sites for hydroxylation is 3. The molecule has 12 heteroatoms. The fraction of sp³-hybridized carbons (Fsp3) is 0.381. The van der Waals surface area contributed by atoms with Gasteiger partial charge in [-0.05, 0) is 19.4 Å². The van der Waals surface area contributed by atoms with Gasteiger partial charge in [0.15, 0.2) is 11.3 Å². The lowest BCUT2D eigenvalue weighted by atomic mass is 9.95. The highest BCUT2D eigenvalue weighted by molar-refractivity contribution is 6.05. The number of halogens is 3. The van der Waals surface area contributed by atoms with Crippen molar-refractivity contribution in [3.05, 3.63) is 47.2 Å². The number of alkyl halides is 3. The van der Waals surface area contributed by atoms with Gasteiger partial charge in [0.05, 0.1) is 46.3 Å². The van der Waals surface area contributed by atoms with Crippen LogP contribution in [0.1, 0.15) is 40.3 Å². The second-order valence-corrected chi connectivity index (χ2v) is 8.15. The first-order chi connectivity index (χ1) is 15.6. The summed E-state index contributed by atoms with van der Waals surface area (Å²) in [5, 5.41) is 13.2. The first-order valence-electron chi connectivity index (χ1n) is 10.3. The van der Waals surface area contributed by atoms with E-state index in [4.69, 9.17) is 0 Å². The molecule has 1 unspecified atom stereocenters. The Morgan fingerprint density at radius 3 is 2.55 bits per heavy atom. The average Bonchev–Trinajstić information content (AvgIpc) is 3.42. The van der Waals surface area contributed by atoms with Crippen molar-refractivity contribution < 1.29 is 18.0 Å². The highest BCUT2D eigenvalue weighted by Crippen LogP contribution is 2.41. The molecule has 0 N–H and O–H groups in total. The zero-order valence-electron chi connectivity index (χ0n) is 18.4. The number of rotatable bonds is 2. The fourth-order valence-corrected chi connectivity index (χ4v) is 4.69. The molecule has 0 bridgehead atoms. The second-order valence-electron chi connectivity index (χ2n) is 8.15. The Labute approximate surface area is 186 Å². The number of carbonyl (C=O) groups excluding carboxylic acids is 1. The van der Waals surface area contributed by atoms with Gasteiger partial charge in [0.2, 0.25) is 0 Å². The van der Waals surface area contributed by atoms with E-state index in [1.165, 1.54) is 17.9 Å². The Morgan fingerprint density at radius 1 is 1.09 bits per heavy atom. The summed E-state index contributed by atoms with van der Waals surface area (Å²) in [4.78, 5) is 19.4. The Balaban J connectivity index is 1.55. The maximum atomic E-state index is 13.7. The monoisotopic (exact) mass is 458 g/mol. The largest absolute Gasteiger partial charge is 0.433 e. The van der Waals surface area contributed by atoms with Gasteiger partial charge in [-0.3, -0.25) is 18.8 Å². The zero-order valence-corrected chi connectivity index (χ0v) is 18.4. The van der Waals surface area contributed by atoms with Gasteiger partial charge >= 0.3 is 6.18 Å². The van der Waals surface area contributed by atoms with Crippen LogP contribution in [0.15, 0.2) is 24.7 Å². The molecule has 0 spiro atoms. The Hall–Kier alpha value is -3.70. The minimum atomic E-state index is -4.56. The van der Waals surface area contributed by atoms with E-state index in [2.05, 4.69) is 20.3 Å². The fourth-order valence-electron chi connectivity index (χ4n) is 4.69. The van der Waals surface area contributed by atoms with Crippen LogP contribution in [0.4, 0.5) is 13.2 Å². The summed E-state index contributed by atoms with van der Waals surface area (Å²) in [7, 11) is 4.64. The maximum Gasteiger partial charge on any atom is 0.433 e. The van der Waals surface area contributed by atoms with E-state index in [0.717, 1.165) is 4.68 Å². The van der Waals surface area contributed by atoms with E-state index in [-0.39, 0.29) is 11.5 Å². The lowest BCUT2D eigenvalue weighted by Gasteiger charge is -2.33. The summed E-state index contributed by atoms with van der Waals surface area (Å²) in [5.74, 6) is -0.196. The van der Waals surface area contributed by atoms with Gasteiger partial charge in [0.25, 0.3) is 5.91 Å². The topological polar surface area (TPSA) is 86.7 Å². The molecular weight excluding hydrogens is 437 g/mol. The van der Waals surface area contributed by atoms with Crippen molar-refractivity contribution in [2.45, 2.75) is 25.6 Å². The first-order valence-corrected chi connectivity index (χ1v) is 10.3. The van der Waals surface area contributed by atoms with Crippen molar-refractivity contribution in [1.29, 1.82) is 0 Å². The normalized spacial score (nSPS) is 16.5. The summed E-state index contributed by atoms with van der Waals surface area (Å²) in [5.41, 5.74) is 1.90. The number of pyridine rings is 1. The molecule has 1 aliphatic heterocycles. The quantitative estimate of drug-likeness (QED) is 0.461. The Morgan fingerprint density at radius 2 is 1.82 bits per heavy atom. The van der Waals surface area contributed by atoms with Crippen LogP contribution in [-0.2, 0) is 33.7 Å². The Kier molecular flexibility index (Phi) is 4.59. The third kappa shape index (κ3) is 3.11. The van der Waals surface area contributed by atoms with E-state index in [9.17, 15) is 18.0 Å². The van der Waals surface area contributed by atoms with Gasteiger partial charge in [-0.1, -0.05) is 0 Å². The minimum absolute atomic E-state index is 0.0144. The van der Waals surface area contributed by atoms with E-state index >= 15 is 0 Å². The molecule has 0 saturated heterocycles. The number of fused-ring (bicyclic) bond motifs is 2. The average molecular weight is 458 g/mol. The molecule has 0 saturated carbocycles. The third-order valence-corrected chi connectivity index (χ3v) is 6.23. The third-order valence-electron chi connectivity index (χ3n) is 6.23. The van der Waals surface area contributed by atoms with Crippen LogP contribution in [0.2, 0.25) is 0 Å². The molecule has 5 heterocycles. The standard InChI is InChI=1S/C21H21F3N8O/c1-11-16-13(17(29(2)28-16)15-10-26-30(3)18(15)21(22,23)24)6-8-32(11)20(33)12-5-7-25-19-14(12)9-27-31(19)4/h5,7,9-11H,6,8H2,1-4H3. The van der Waals surface area contributed by atoms with Crippen molar-refractivity contribution >= 4 is 16.9 Å². The first kappa shape index (κ1) is 21.2. The Bertz CT molecular complexity index is 1400. The van der Waals surface area contributed by atoms with Crippen LogP contribution in [0.3, 0.4) is 0 Å². The van der Waals surface area contributed by atoms with Crippen molar-refractivity contribution in [3.63, 3.8) is 0 Å². The van der Waals surface area contributed by atoms with Gasteiger partial charge in [-0.15, -0.1) is 0 Å². The highest BCUT2D eigenvalue weighted by atomic mass is 19.4. The molecule has 4 aromatic rings. The van der Waals surface area contributed by atoms with Crippen molar-refractivity contribution in [2.24, 2.45) is 21.1 Å². The summed E-state index contributed by atoms with van der Waals surface area (Å²) < 4.78 is 45.0. The highest BCUT2D eigenvalue weighted by Gasteiger charge is 2.41. The zero-order chi connectivity index (χ0) is 23.7. The summed E-state index contributed by atoms with van der Waals surface area (Å²) in [6.07, 6.45) is 0.212. The molecule has 33 heavy (non-hydrogen) atoms. The van der Waals surface area contributed by atoms with Gasteiger partial charge in [-0.25, -0.2) is 4.98 Å². The van der Waals surface area contributed by atoms with Crippen molar-refractivity contribution in [1.82, 2.24) is 39.2 Å². The minimum Gasteiger partial charge on any atom is -0.330 e. The van der Waals surface area contributed by atoms with Gasteiger partial charge < -0.3 is 4.90 Å². The van der Waals surface area contributed by atoms with Crippen LogP contribution in [0.25, 0.3) is 22.3 Å². The number of aromatic nitrogens is 7. The molecule has 172 valence electrons. The van der Waals surface area contributed by atoms with Crippen LogP contribution in [-0.4, -0.2) is 51.7 Å². The molecule has 0 fully saturated rings. The molecule has 0 aliphatic carbocycles. The maximum absolute atomic E-state index is 13.7. The van der Waals surface area contributed by atoms with Crippen LogP contribution < -0.4 is 0 Å². The van der Waals surface area contributed by atoms with E-state index in [1.807, 2.05) is 6.92 Å². The van der Waals surface area contributed by atoms with Gasteiger partial charge in [0, 0.05) is 39.4 Å². The number of nitrogens with zero attached hydrogens (tertiary/aromatic N) is 8. The molecule has 9 nitrogen and oxygen atoms in total. The molecule has 4 aromatic heterocycles. The van der Waals surface area contributed by atoms with Gasteiger partial charge in [-0.2, -0.15) is 28.5 Å². The van der Waals surface area contributed by atoms with Crippen LogP contribution >= 0.6 is 0 Å². The summed E-state index contributed by atoms with van der Waals surface area (Å²) in [6.45, 7) is 2.18. The smallest absolute Gasteiger partial charge is 0.330 e. The van der Waals surface area contributed by atoms with E-state index < -0.39 is 17.9 Å². The molecule has 5 rings (SSSR count). The molecule has 1 amide bonds. The summed E-state index contributed by atoms with van der Waals surface area (Å²) in [6, 6.07) is 1.23. The lowest BCUT2D eigenvalue weighted by Crippen LogP contribution is -2.39. The second kappa shape index (κ2) is 7.15. The van der Waals surface area contributed by atoms with Crippen molar-refractivity contribution in [2.75, 3.05) is 6.54 Å². The summed E-state index contributed by atoms with van der Waals surface area (Å²) >= 11 is 0. The van der Waals surface area contributed by atoms with Gasteiger partial charge in [0.1, 0.15) is 0 Å². The molecule has 0 aromatic carbocycles.